The van der Waals surface area contributed by atoms with Crippen molar-refractivity contribution in [3.8, 4) is 0 Å². The average Bonchev–Trinajstić information content (AvgIpc) is 2.75. The Balaban J connectivity index is 1.76. The van der Waals surface area contributed by atoms with Crippen LogP contribution in [0.5, 0.6) is 0 Å². The Hall–Kier alpha value is -1.65. The molecule has 0 radical (unpaired) electrons. The molecule has 0 aliphatic rings. The largest absolute Gasteiger partial charge is 0.325 e. The highest BCUT2D eigenvalue weighted by Crippen LogP contribution is 2.14. The van der Waals surface area contributed by atoms with Crippen LogP contribution in [0.15, 0.2) is 36.4 Å². The van der Waals surface area contributed by atoms with Crippen LogP contribution in [0.4, 0.5) is 5.69 Å². The van der Waals surface area contributed by atoms with Gasteiger partial charge in [-0.15, -0.1) is 11.3 Å². The maximum atomic E-state index is 11.7. The maximum Gasteiger partial charge on any atom is 0.238 e. The molecular formula is C15H18N2OS. The van der Waals surface area contributed by atoms with Crippen molar-refractivity contribution in [2.75, 3.05) is 11.9 Å². The predicted molar refractivity (Wildman–Crippen MR) is 80.6 cm³/mol. The van der Waals surface area contributed by atoms with E-state index < -0.39 is 0 Å². The van der Waals surface area contributed by atoms with E-state index in [1.54, 1.807) is 11.3 Å². The maximum absolute atomic E-state index is 11.7. The third kappa shape index (κ3) is 4.50. The highest BCUT2D eigenvalue weighted by Gasteiger charge is 2.02. The number of carbonyl (C=O) groups is 1. The highest BCUT2D eigenvalue weighted by atomic mass is 32.1. The lowest BCUT2D eigenvalue weighted by Crippen LogP contribution is -2.27. The highest BCUT2D eigenvalue weighted by molar-refractivity contribution is 7.11. The monoisotopic (exact) mass is 274 g/mol. The van der Waals surface area contributed by atoms with Crippen molar-refractivity contribution in [2.24, 2.45) is 0 Å². The molecule has 0 saturated carbocycles. The van der Waals surface area contributed by atoms with Crippen molar-refractivity contribution >= 4 is 22.9 Å². The Labute approximate surface area is 117 Å². The Bertz CT molecular complexity index is 563. The molecule has 1 heterocycles. The van der Waals surface area contributed by atoms with E-state index >= 15 is 0 Å². The number of benzene rings is 1. The fourth-order valence-corrected chi connectivity index (χ4v) is 2.67. The first-order valence-electron chi connectivity index (χ1n) is 6.26. The molecule has 2 N–H and O–H groups in total. The van der Waals surface area contributed by atoms with Gasteiger partial charge < -0.3 is 10.6 Å². The minimum absolute atomic E-state index is 0.0149. The van der Waals surface area contributed by atoms with Crippen LogP contribution >= 0.6 is 11.3 Å². The van der Waals surface area contributed by atoms with Gasteiger partial charge in [0.05, 0.1) is 6.54 Å². The lowest BCUT2D eigenvalue weighted by atomic mass is 10.2. The van der Waals surface area contributed by atoms with E-state index in [1.165, 1.54) is 9.75 Å². The number of amides is 1. The van der Waals surface area contributed by atoms with Gasteiger partial charge in [-0.1, -0.05) is 12.1 Å². The molecule has 0 aliphatic carbocycles. The van der Waals surface area contributed by atoms with Gasteiger partial charge in [0.15, 0.2) is 0 Å². The fraction of sp³-hybridized carbons (Fsp3) is 0.267. The van der Waals surface area contributed by atoms with Crippen molar-refractivity contribution < 1.29 is 4.79 Å². The van der Waals surface area contributed by atoms with Crippen molar-refractivity contribution in [3.05, 3.63) is 51.7 Å². The van der Waals surface area contributed by atoms with Crippen molar-refractivity contribution in [3.63, 3.8) is 0 Å². The second-order valence-corrected chi connectivity index (χ2v) is 5.91. The molecule has 0 aliphatic heterocycles. The second kappa shape index (κ2) is 6.50. The van der Waals surface area contributed by atoms with Crippen LogP contribution in [0, 0.1) is 13.8 Å². The molecule has 0 unspecified atom stereocenters. The molecule has 1 amide bonds. The number of aryl methyl sites for hydroxylation is 2. The summed E-state index contributed by atoms with van der Waals surface area (Å²) in [5, 5.41) is 6.02. The first kappa shape index (κ1) is 13.8. The third-order valence-electron chi connectivity index (χ3n) is 2.68. The molecule has 100 valence electrons. The van der Waals surface area contributed by atoms with Gasteiger partial charge in [0.25, 0.3) is 0 Å². The molecule has 0 atom stereocenters. The van der Waals surface area contributed by atoms with Crippen LogP contribution < -0.4 is 10.6 Å². The van der Waals surface area contributed by atoms with Crippen molar-refractivity contribution in [2.45, 2.75) is 20.4 Å². The molecule has 2 rings (SSSR count). The summed E-state index contributed by atoms with van der Waals surface area (Å²) in [5.74, 6) is -0.0149. The molecule has 0 bridgehead atoms. The van der Waals surface area contributed by atoms with E-state index in [1.807, 2.05) is 31.2 Å². The molecule has 19 heavy (non-hydrogen) atoms. The first-order chi connectivity index (χ1) is 9.13. The van der Waals surface area contributed by atoms with E-state index in [0.717, 1.165) is 17.8 Å². The predicted octanol–water partition coefficient (Wildman–Crippen LogP) is 3.09. The molecule has 0 spiro atoms. The van der Waals surface area contributed by atoms with Gasteiger partial charge in [0.1, 0.15) is 0 Å². The van der Waals surface area contributed by atoms with E-state index in [-0.39, 0.29) is 5.91 Å². The molecule has 4 heteroatoms. The smallest absolute Gasteiger partial charge is 0.238 e. The third-order valence-corrected chi connectivity index (χ3v) is 3.68. The van der Waals surface area contributed by atoms with E-state index in [4.69, 9.17) is 0 Å². The molecule has 0 fully saturated rings. The number of nitrogens with one attached hydrogen (secondary N) is 2. The van der Waals surface area contributed by atoms with E-state index in [0.29, 0.717) is 6.54 Å². The number of carbonyl (C=O) groups excluding carboxylic acids is 1. The minimum atomic E-state index is -0.0149. The SMILES string of the molecule is Cc1cccc(NC(=O)CNCc2ccc(C)s2)c1. The average molecular weight is 274 g/mol. The zero-order chi connectivity index (χ0) is 13.7. The zero-order valence-electron chi connectivity index (χ0n) is 11.2. The lowest BCUT2D eigenvalue weighted by Gasteiger charge is -2.06. The van der Waals surface area contributed by atoms with Gasteiger partial charge >= 0.3 is 0 Å². The van der Waals surface area contributed by atoms with Gasteiger partial charge in [-0.3, -0.25) is 4.79 Å². The van der Waals surface area contributed by atoms with Crippen LogP contribution in [0.2, 0.25) is 0 Å². The van der Waals surface area contributed by atoms with Crippen LogP contribution in [0.25, 0.3) is 0 Å². The topological polar surface area (TPSA) is 41.1 Å². The molecule has 1 aromatic carbocycles. The Morgan fingerprint density at radius 1 is 1.21 bits per heavy atom. The minimum Gasteiger partial charge on any atom is -0.325 e. The Morgan fingerprint density at radius 2 is 2.05 bits per heavy atom. The normalized spacial score (nSPS) is 10.4. The summed E-state index contributed by atoms with van der Waals surface area (Å²) in [4.78, 5) is 14.3. The van der Waals surface area contributed by atoms with Gasteiger partial charge in [-0.25, -0.2) is 0 Å². The zero-order valence-corrected chi connectivity index (χ0v) is 12.0. The number of anilines is 1. The number of thiophene rings is 1. The van der Waals surface area contributed by atoms with Gasteiger partial charge in [0.2, 0.25) is 5.91 Å². The van der Waals surface area contributed by atoms with Crippen molar-refractivity contribution in [1.82, 2.24) is 5.32 Å². The van der Waals surface area contributed by atoms with Crippen LogP contribution in [-0.4, -0.2) is 12.5 Å². The number of rotatable bonds is 5. The second-order valence-electron chi connectivity index (χ2n) is 4.53. The summed E-state index contributed by atoms with van der Waals surface area (Å²) in [6, 6.07) is 12.0. The van der Waals surface area contributed by atoms with Crippen LogP contribution in [0.3, 0.4) is 0 Å². The van der Waals surface area contributed by atoms with E-state index in [9.17, 15) is 4.79 Å². The molecule has 1 aromatic heterocycles. The van der Waals surface area contributed by atoms with Gasteiger partial charge in [-0.2, -0.15) is 0 Å². The van der Waals surface area contributed by atoms with E-state index in [2.05, 4.69) is 29.7 Å². The molecular weight excluding hydrogens is 256 g/mol. The molecule has 3 nitrogen and oxygen atoms in total. The molecule has 2 aromatic rings. The number of hydrogen-bond donors (Lipinski definition) is 2. The summed E-state index contributed by atoms with van der Waals surface area (Å²) in [7, 11) is 0. The summed E-state index contributed by atoms with van der Waals surface area (Å²) in [6.45, 7) is 5.15. The standard InChI is InChI=1S/C15H18N2OS/c1-11-4-3-5-13(8-11)17-15(18)10-16-9-14-7-6-12(2)19-14/h3-8,16H,9-10H2,1-2H3,(H,17,18). The molecule has 0 saturated heterocycles. The van der Waals surface area contributed by atoms with Crippen LogP contribution in [-0.2, 0) is 11.3 Å². The summed E-state index contributed by atoms with van der Waals surface area (Å²) in [5.41, 5.74) is 1.98. The summed E-state index contributed by atoms with van der Waals surface area (Å²) >= 11 is 1.75. The Morgan fingerprint density at radius 3 is 2.74 bits per heavy atom. The first-order valence-corrected chi connectivity index (χ1v) is 7.08. The van der Waals surface area contributed by atoms with Crippen LogP contribution in [0.1, 0.15) is 15.3 Å². The summed E-state index contributed by atoms with van der Waals surface area (Å²) in [6.07, 6.45) is 0. The quantitative estimate of drug-likeness (QED) is 0.879. The summed E-state index contributed by atoms with van der Waals surface area (Å²) < 4.78 is 0. The van der Waals surface area contributed by atoms with Gasteiger partial charge in [0, 0.05) is 22.0 Å². The lowest BCUT2D eigenvalue weighted by molar-refractivity contribution is -0.115. The number of hydrogen-bond acceptors (Lipinski definition) is 3. The van der Waals surface area contributed by atoms with Crippen molar-refractivity contribution in [1.29, 1.82) is 0 Å². The Kier molecular flexibility index (Phi) is 4.71. The fourth-order valence-electron chi connectivity index (χ4n) is 1.81. The van der Waals surface area contributed by atoms with Gasteiger partial charge in [-0.05, 0) is 43.7 Å².